The summed E-state index contributed by atoms with van der Waals surface area (Å²) in [6.07, 6.45) is 1.67. The summed E-state index contributed by atoms with van der Waals surface area (Å²) in [6, 6.07) is 4.77. The first-order valence-electron chi connectivity index (χ1n) is 6.26. The van der Waals surface area contributed by atoms with E-state index in [9.17, 15) is 9.18 Å². The van der Waals surface area contributed by atoms with Gasteiger partial charge in [-0.15, -0.1) is 0 Å². The molecular weight excluding hydrogens is 233 g/mol. The molecule has 3 nitrogen and oxygen atoms in total. The number of aryl methyl sites for hydroxylation is 1. The summed E-state index contributed by atoms with van der Waals surface area (Å²) < 4.78 is 13.0. The first kappa shape index (κ1) is 13.0. The Morgan fingerprint density at radius 3 is 3.00 bits per heavy atom. The van der Waals surface area contributed by atoms with Crippen LogP contribution in [-0.2, 0) is 11.3 Å². The van der Waals surface area contributed by atoms with Crippen molar-refractivity contribution in [2.75, 3.05) is 13.1 Å². The Kier molecular flexibility index (Phi) is 3.97. The Bertz CT molecular complexity index is 447. The van der Waals surface area contributed by atoms with Crippen LogP contribution < -0.4 is 0 Å². The summed E-state index contributed by atoms with van der Waals surface area (Å²) in [7, 11) is 0. The molecule has 0 bridgehead atoms. The van der Waals surface area contributed by atoms with Gasteiger partial charge in [0.2, 0.25) is 0 Å². The first-order valence-corrected chi connectivity index (χ1v) is 6.26. The predicted octanol–water partition coefficient (Wildman–Crippen LogP) is 2.43. The van der Waals surface area contributed by atoms with E-state index in [4.69, 9.17) is 5.11 Å². The average molecular weight is 251 g/mol. The van der Waals surface area contributed by atoms with Crippen molar-refractivity contribution in [1.29, 1.82) is 0 Å². The van der Waals surface area contributed by atoms with Crippen molar-refractivity contribution in [3.05, 3.63) is 35.1 Å². The van der Waals surface area contributed by atoms with Crippen molar-refractivity contribution < 1.29 is 14.3 Å². The molecule has 1 fully saturated rings. The van der Waals surface area contributed by atoms with Crippen LogP contribution in [0.1, 0.15) is 24.0 Å². The molecule has 98 valence electrons. The minimum absolute atomic E-state index is 0.224. The number of hydrogen-bond donors (Lipinski definition) is 1. The van der Waals surface area contributed by atoms with Gasteiger partial charge in [0.25, 0.3) is 0 Å². The van der Waals surface area contributed by atoms with Crippen LogP contribution in [0.4, 0.5) is 4.39 Å². The zero-order valence-corrected chi connectivity index (χ0v) is 10.5. The lowest BCUT2D eigenvalue weighted by Crippen LogP contribution is -2.38. The molecule has 0 saturated carbocycles. The summed E-state index contributed by atoms with van der Waals surface area (Å²) in [5.41, 5.74) is 2.00. The van der Waals surface area contributed by atoms with Crippen LogP contribution in [0.15, 0.2) is 18.2 Å². The van der Waals surface area contributed by atoms with Crippen LogP contribution in [0.2, 0.25) is 0 Å². The second-order valence-corrected chi connectivity index (χ2v) is 4.98. The fourth-order valence-corrected chi connectivity index (χ4v) is 2.48. The molecule has 1 aromatic carbocycles. The minimum atomic E-state index is -0.712. The van der Waals surface area contributed by atoms with Gasteiger partial charge in [-0.25, -0.2) is 4.39 Å². The smallest absolute Gasteiger partial charge is 0.307 e. The van der Waals surface area contributed by atoms with Crippen LogP contribution in [0.3, 0.4) is 0 Å². The molecule has 1 saturated heterocycles. The van der Waals surface area contributed by atoms with Gasteiger partial charge in [-0.05, 0) is 49.6 Å². The zero-order chi connectivity index (χ0) is 13.1. The molecule has 2 rings (SSSR count). The van der Waals surface area contributed by atoms with Crippen molar-refractivity contribution >= 4 is 5.97 Å². The molecule has 0 aliphatic carbocycles. The third-order valence-electron chi connectivity index (χ3n) is 3.55. The molecule has 1 aliphatic heterocycles. The van der Waals surface area contributed by atoms with Crippen molar-refractivity contribution in [2.45, 2.75) is 26.3 Å². The fraction of sp³-hybridized carbons (Fsp3) is 0.500. The number of carbonyl (C=O) groups is 1. The first-order chi connectivity index (χ1) is 8.56. The summed E-state index contributed by atoms with van der Waals surface area (Å²) in [4.78, 5) is 13.1. The van der Waals surface area contributed by atoms with Crippen molar-refractivity contribution in [1.82, 2.24) is 4.90 Å². The van der Waals surface area contributed by atoms with E-state index in [1.807, 2.05) is 6.92 Å². The van der Waals surface area contributed by atoms with Gasteiger partial charge in [0.05, 0.1) is 5.92 Å². The van der Waals surface area contributed by atoms with Gasteiger partial charge >= 0.3 is 5.97 Å². The van der Waals surface area contributed by atoms with Gasteiger partial charge in [0, 0.05) is 13.1 Å². The number of benzene rings is 1. The van der Waals surface area contributed by atoms with E-state index in [2.05, 4.69) is 4.90 Å². The number of rotatable bonds is 3. The Labute approximate surface area is 106 Å². The number of piperidine rings is 1. The predicted molar refractivity (Wildman–Crippen MR) is 66.8 cm³/mol. The van der Waals surface area contributed by atoms with Gasteiger partial charge in [-0.3, -0.25) is 9.69 Å². The summed E-state index contributed by atoms with van der Waals surface area (Å²) in [6.45, 7) is 4.10. The third-order valence-corrected chi connectivity index (χ3v) is 3.55. The highest BCUT2D eigenvalue weighted by molar-refractivity contribution is 5.70. The minimum Gasteiger partial charge on any atom is -0.481 e. The standard InChI is InChI=1S/C14H18FNO2/c1-10-7-13(15)5-4-11(10)8-16-6-2-3-12(9-16)14(17)18/h4-5,7,12H,2-3,6,8-9H2,1H3,(H,17,18)/t12-/m1/s1. The van der Waals surface area contributed by atoms with Crippen LogP contribution in [0.25, 0.3) is 0 Å². The highest BCUT2D eigenvalue weighted by atomic mass is 19.1. The van der Waals surface area contributed by atoms with Crippen LogP contribution in [0, 0.1) is 18.7 Å². The number of likely N-dealkylation sites (tertiary alicyclic amines) is 1. The second-order valence-electron chi connectivity index (χ2n) is 4.98. The molecule has 1 aliphatic rings. The Morgan fingerprint density at radius 1 is 1.56 bits per heavy atom. The van der Waals surface area contributed by atoms with E-state index in [0.29, 0.717) is 13.1 Å². The molecule has 1 atom stereocenters. The molecule has 4 heteroatoms. The van der Waals surface area contributed by atoms with Gasteiger partial charge in [0.15, 0.2) is 0 Å². The Hall–Kier alpha value is -1.42. The summed E-state index contributed by atoms with van der Waals surface area (Å²) >= 11 is 0. The third kappa shape index (κ3) is 3.07. The lowest BCUT2D eigenvalue weighted by molar-refractivity contribution is -0.143. The molecule has 0 aromatic heterocycles. The van der Waals surface area contributed by atoms with E-state index in [1.54, 1.807) is 6.07 Å². The molecule has 18 heavy (non-hydrogen) atoms. The maximum atomic E-state index is 13.0. The molecule has 0 amide bonds. The molecule has 0 unspecified atom stereocenters. The number of carboxylic acid groups (broad SMARTS) is 1. The summed E-state index contributed by atoms with van der Waals surface area (Å²) in [5, 5.41) is 9.04. The number of halogens is 1. The second kappa shape index (κ2) is 5.48. The van der Waals surface area contributed by atoms with E-state index in [1.165, 1.54) is 12.1 Å². The van der Waals surface area contributed by atoms with Crippen LogP contribution in [0.5, 0.6) is 0 Å². The lowest BCUT2D eigenvalue weighted by atomic mass is 9.97. The molecule has 0 spiro atoms. The quantitative estimate of drug-likeness (QED) is 0.897. The van der Waals surface area contributed by atoms with Crippen molar-refractivity contribution in [3.63, 3.8) is 0 Å². The van der Waals surface area contributed by atoms with Crippen molar-refractivity contribution in [2.24, 2.45) is 5.92 Å². The zero-order valence-electron chi connectivity index (χ0n) is 10.5. The van der Waals surface area contributed by atoms with Gasteiger partial charge in [-0.1, -0.05) is 6.07 Å². The fourth-order valence-electron chi connectivity index (χ4n) is 2.48. The van der Waals surface area contributed by atoms with Gasteiger partial charge in [0.1, 0.15) is 5.82 Å². The summed E-state index contributed by atoms with van der Waals surface area (Å²) in [5.74, 6) is -1.20. The maximum Gasteiger partial charge on any atom is 0.307 e. The highest BCUT2D eigenvalue weighted by Gasteiger charge is 2.25. The normalized spacial score (nSPS) is 20.9. The average Bonchev–Trinajstić information content (AvgIpc) is 2.33. The lowest BCUT2D eigenvalue weighted by Gasteiger charge is -2.31. The molecular formula is C14H18FNO2. The molecule has 1 aromatic rings. The van der Waals surface area contributed by atoms with Crippen LogP contribution >= 0.6 is 0 Å². The van der Waals surface area contributed by atoms with Crippen molar-refractivity contribution in [3.8, 4) is 0 Å². The van der Waals surface area contributed by atoms with E-state index < -0.39 is 5.97 Å². The molecule has 1 heterocycles. The molecule has 1 N–H and O–H groups in total. The number of carboxylic acids is 1. The van der Waals surface area contributed by atoms with E-state index in [0.717, 1.165) is 30.5 Å². The van der Waals surface area contributed by atoms with Gasteiger partial charge < -0.3 is 5.11 Å². The van der Waals surface area contributed by atoms with E-state index in [-0.39, 0.29) is 11.7 Å². The largest absolute Gasteiger partial charge is 0.481 e. The number of hydrogen-bond acceptors (Lipinski definition) is 2. The van der Waals surface area contributed by atoms with E-state index >= 15 is 0 Å². The number of nitrogens with zero attached hydrogens (tertiary/aromatic N) is 1. The van der Waals surface area contributed by atoms with Gasteiger partial charge in [-0.2, -0.15) is 0 Å². The Balaban J connectivity index is 2.02. The molecule has 0 radical (unpaired) electrons. The monoisotopic (exact) mass is 251 g/mol. The number of aliphatic carboxylic acids is 1. The maximum absolute atomic E-state index is 13.0. The SMILES string of the molecule is Cc1cc(F)ccc1CN1CCC[C@@H](C(=O)O)C1. The topological polar surface area (TPSA) is 40.5 Å². The van der Waals surface area contributed by atoms with Crippen LogP contribution in [-0.4, -0.2) is 29.1 Å². The Morgan fingerprint density at radius 2 is 2.33 bits per heavy atom. The highest BCUT2D eigenvalue weighted by Crippen LogP contribution is 2.20.